The SMILES string of the molecule is CC1(C)CN(c2nc(N3CCOCC3)nc(-n3c(N)nc4c(O)cccc43)n2)CCO1. The summed E-state index contributed by atoms with van der Waals surface area (Å²) < 4.78 is 13.0. The Morgan fingerprint density at radius 3 is 2.35 bits per heavy atom. The molecular weight excluding hydrogens is 400 g/mol. The van der Waals surface area contributed by atoms with E-state index < -0.39 is 0 Å². The lowest BCUT2D eigenvalue weighted by molar-refractivity contribution is -0.0281. The molecule has 0 atom stereocenters. The van der Waals surface area contributed by atoms with Crippen molar-refractivity contribution in [1.82, 2.24) is 24.5 Å². The maximum absolute atomic E-state index is 10.2. The van der Waals surface area contributed by atoms with Crippen molar-refractivity contribution >= 4 is 28.9 Å². The van der Waals surface area contributed by atoms with E-state index in [9.17, 15) is 5.11 Å². The first-order valence-corrected chi connectivity index (χ1v) is 10.4. The van der Waals surface area contributed by atoms with Crippen LogP contribution in [0, 0.1) is 0 Å². The van der Waals surface area contributed by atoms with Gasteiger partial charge in [0.2, 0.25) is 23.8 Å². The molecule has 0 aliphatic carbocycles. The molecule has 0 amide bonds. The highest BCUT2D eigenvalue weighted by molar-refractivity contribution is 5.85. The van der Waals surface area contributed by atoms with Crippen molar-refractivity contribution in [3.63, 3.8) is 0 Å². The van der Waals surface area contributed by atoms with E-state index in [0.29, 0.717) is 74.9 Å². The normalized spacial score (nSPS) is 19.2. The third kappa shape index (κ3) is 3.70. The summed E-state index contributed by atoms with van der Waals surface area (Å²) in [6.07, 6.45) is 0. The first kappa shape index (κ1) is 19.8. The predicted molar refractivity (Wildman–Crippen MR) is 116 cm³/mol. The van der Waals surface area contributed by atoms with Crippen molar-refractivity contribution < 1.29 is 14.6 Å². The van der Waals surface area contributed by atoms with Gasteiger partial charge in [-0.15, -0.1) is 0 Å². The van der Waals surface area contributed by atoms with Gasteiger partial charge in [-0.2, -0.15) is 15.0 Å². The van der Waals surface area contributed by atoms with E-state index in [0.717, 1.165) is 0 Å². The summed E-state index contributed by atoms with van der Waals surface area (Å²) in [5.74, 6) is 1.74. The predicted octanol–water partition coefficient (Wildman–Crippen LogP) is 0.950. The second-order valence-corrected chi connectivity index (χ2v) is 8.31. The van der Waals surface area contributed by atoms with E-state index >= 15 is 0 Å². The van der Waals surface area contributed by atoms with Crippen LogP contribution in [0.3, 0.4) is 0 Å². The summed E-state index contributed by atoms with van der Waals surface area (Å²) in [4.78, 5) is 22.8. The number of benzene rings is 1. The molecule has 2 saturated heterocycles. The van der Waals surface area contributed by atoms with Gasteiger partial charge in [0.15, 0.2) is 0 Å². The van der Waals surface area contributed by atoms with E-state index in [-0.39, 0.29) is 17.3 Å². The van der Waals surface area contributed by atoms with Crippen LogP contribution in [-0.2, 0) is 9.47 Å². The molecule has 2 fully saturated rings. The molecule has 3 N–H and O–H groups in total. The number of para-hydroxylation sites is 1. The van der Waals surface area contributed by atoms with Gasteiger partial charge in [0, 0.05) is 26.2 Å². The number of aromatic nitrogens is 5. The van der Waals surface area contributed by atoms with E-state index in [1.165, 1.54) is 0 Å². The average molecular weight is 426 g/mol. The van der Waals surface area contributed by atoms with Crippen molar-refractivity contribution in [1.29, 1.82) is 0 Å². The molecule has 0 bridgehead atoms. The van der Waals surface area contributed by atoms with Crippen LogP contribution in [0.1, 0.15) is 13.8 Å². The number of aromatic hydroxyl groups is 1. The third-order valence-electron chi connectivity index (χ3n) is 5.49. The molecule has 0 radical (unpaired) electrons. The van der Waals surface area contributed by atoms with Gasteiger partial charge in [0.25, 0.3) is 0 Å². The number of ether oxygens (including phenoxy) is 2. The molecule has 3 aromatic rings. The Morgan fingerprint density at radius 1 is 0.935 bits per heavy atom. The topological polar surface area (TPSA) is 128 Å². The maximum Gasteiger partial charge on any atom is 0.243 e. The number of rotatable bonds is 3. The Balaban J connectivity index is 1.65. The zero-order valence-electron chi connectivity index (χ0n) is 17.7. The molecule has 0 spiro atoms. The van der Waals surface area contributed by atoms with Gasteiger partial charge in [-0.1, -0.05) is 6.07 Å². The molecule has 2 aliphatic rings. The summed E-state index contributed by atoms with van der Waals surface area (Å²) >= 11 is 0. The summed E-state index contributed by atoms with van der Waals surface area (Å²) in [5, 5.41) is 10.2. The number of imidazole rings is 1. The minimum atomic E-state index is -0.309. The number of hydrogen-bond acceptors (Lipinski definition) is 10. The van der Waals surface area contributed by atoms with Crippen LogP contribution in [0.15, 0.2) is 18.2 Å². The molecule has 5 rings (SSSR count). The summed E-state index contributed by atoms with van der Waals surface area (Å²) in [6, 6.07) is 5.14. The molecule has 2 aliphatic heterocycles. The van der Waals surface area contributed by atoms with Crippen LogP contribution in [0.4, 0.5) is 17.8 Å². The van der Waals surface area contributed by atoms with Gasteiger partial charge in [0.1, 0.15) is 11.3 Å². The lowest BCUT2D eigenvalue weighted by atomic mass is 10.1. The third-order valence-corrected chi connectivity index (χ3v) is 5.49. The second kappa shape index (κ2) is 7.50. The van der Waals surface area contributed by atoms with Crippen LogP contribution in [0.2, 0.25) is 0 Å². The molecule has 2 aromatic heterocycles. The number of morpholine rings is 2. The standard InChI is InChI=1S/C20H26N8O3/c1-20(2)12-27(8-11-31-20)18-23-17(26-6-9-30-10-7-26)24-19(25-18)28-13-4-3-5-14(29)15(13)22-16(28)21/h3-5,29H,6-12H2,1-2H3,(H2,21,22). The fourth-order valence-electron chi connectivity index (χ4n) is 3.99. The number of nitrogen functional groups attached to an aromatic ring is 1. The zero-order chi connectivity index (χ0) is 21.6. The van der Waals surface area contributed by atoms with Crippen LogP contribution >= 0.6 is 0 Å². The monoisotopic (exact) mass is 426 g/mol. The van der Waals surface area contributed by atoms with E-state index in [2.05, 4.69) is 14.8 Å². The van der Waals surface area contributed by atoms with Crippen molar-refractivity contribution in [2.45, 2.75) is 19.4 Å². The Bertz CT molecular complexity index is 1110. The van der Waals surface area contributed by atoms with E-state index in [1.54, 1.807) is 16.7 Å². The van der Waals surface area contributed by atoms with Crippen LogP contribution in [-0.4, -0.2) is 81.2 Å². The summed E-state index contributed by atoms with van der Waals surface area (Å²) in [7, 11) is 0. The average Bonchev–Trinajstić information content (AvgIpc) is 3.10. The Kier molecular flexibility index (Phi) is 4.78. The first-order chi connectivity index (χ1) is 14.9. The number of hydrogen-bond donors (Lipinski definition) is 2. The Morgan fingerprint density at radius 2 is 1.61 bits per heavy atom. The molecule has 11 heteroatoms. The van der Waals surface area contributed by atoms with Crippen molar-refractivity contribution in [2.24, 2.45) is 0 Å². The van der Waals surface area contributed by atoms with Gasteiger partial charge < -0.3 is 30.1 Å². The largest absolute Gasteiger partial charge is 0.506 e. The van der Waals surface area contributed by atoms with Gasteiger partial charge >= 0.3 is 0 Å². The summed E-state index contributed by atoms with van der Waals surface area (Å²) in [5.41, 5.74) is 6.95. The lowest BCUT2D eigenvalue weighted by Gasteiger charge is -2.38. The fraction of sp³-hybridized carbons (Fsp3) is 0.500. The van der Waals surface area contributed by atoms with Crippen molar-refractivity contribution in [3.05, 3.63) is 18.2 Å². The van der Waals surface area contributed by atoms with Gasteiger partial charge in [-0.25, -0.2) is 9.55 Å². The molecular formula is C20H26N8O3. The maximum atomic E-state index is 10.2. The first-order valence-electron chi connectivity index (χ1n) is 10.4. The highest BCUT2D eigenvalue weighted by Crippen LogP contribution is 2.29. The molecule has 31 heavy (non-hydrogen) atoms. The molecule has 4 heterocycles. The molecule has 1 aromatic carbocycles. The molecule has 0 unspecified atom stereocenters. The highest BCUT2D eigenvalue weighted by Gasteiger charge is 2.30. The van der Waals surface area contributed by atoms with Crippen molar-refractivity contribution in [2.75, 3.05) is 61.5 Å². The highest BCUT2D eigenvalue weighted by atomic mass is 16.5. The van der Waals surface area contributed by atoms with Crippen LogP contribution < -0.4 is 15.5 Å². The number of phenols is 1. The Labute approximate surface area is 179 Å². The zero-order valence-corrected chi connectivity index (χ0v) is 17.7. The minimum Gasteiger partial charge on any atom is -0.506 e. The number of nitrogens with zero attached hydrogens (tertiary/aromatic N) is 7. The van der Waals surface area contributed by atoms with Crippen molar-refractivity contribution in [3.8, 4) is 11.7 Å². The number of phenolic OH excluding ortho intramolecular Hbond substituents is 1. The minimum absolute atomic E-state index is 0.0561. The van der Waals surface area contributed by atoms with E-state index in [4.69, 9.17) is 30.2 Å². The van der Waals surface area contributed by atoms with Gasteiger partial charge in [-0.05, 0) is 26.0 Å². The lowest BCUT2D eigenvalue weighted by Crippen LogP contribution is -2.49. The molecule has 11 nitrogen and oxygen atoms in total. The van der Waals surface area contributed by atoms with Gasteiger partial charge in [-0.3, -0.25) is 0 Å². The summed E-state index contributed by atoms with van der Waals surface area (Å²) in [6.45, 7) is 8.64. The second-order valence-electron chi connectivity index (χ2n) is 8.31. The van der Waals surface area contributed by atoms with E-state index in [1.807, 2.05) is 19.9 Å². The Hall–Kier alpha value is -3.18. The smallest absolute Gasteiger partial charge is 0.243 e. The van der Waals surface area contributed by atoms with Crippen LogP contribution in [0.5, 0.6) is 5.75 Å². The quantitative estimate of drug-likeness (QED) is 0.625. The van der Waals surface area contributed by atoms with Crippen LogP contribution in [0.25, 0.3) is 17.0 Å². The number of anilines is 3. The fourth-order valence-corrected chi connectivity index (χ4v) is 3.99. The molecule has 164 valence electrons. The van der Waals surface area contributed by atoms with Gasteiger partial charge in [0.05, 0.1) is 30.9 Å². The number of nitrogens with two attached hydrogens (primary N) is 1. The number of fused-ring (bicyclic) bond motifs is 1. The molecule has 0 saturated carbocycles.